The molecular weight excluding hydrogens is 398 g/mol. The minimum absolute atomic E-state index is 0.165. The van der Waals surface area contributed by atoms with Gasteiger partial charge < -0.3 is 14.8 Å². The van der Waals surface area contributed by atoms with E-state index in [1.807, 2.05) is 26.0 Å². The van der Waals surface area contributed by atoms with Crippen molar-refractivity contribution in [1.29, 1.82) is 0 Å². The predicted octanol–water partition coefficient (Wildman–Crippen LogP) is 3.05. The zero-order valence-electron chi connectivity index (χ0n) is 15.8. The summed E-state index contributed by atoms with van der Waals surface area (Å²) in [6.45, 7) is 5.55. The summed E-state index contributed by atoms with van der Waals surface area (Å²) in [7, 11) is 3.47. The number of nitrogens with one attached hydrogen (secondary N) is 1. The number of carbonyl (C=O) groups excluding carboxylic acids is 1. The number of methoxy groups -OCH3 is 1. The molecule has 0 fully saturated rings. The number of hydrogen-bond donors (Lipinski definition) is 1. The maximum Gasteiger partial charge on any atom is 0.270 e. The van der Waals surface area contributed by atoms with Crippen molar-refractivity contribution in [1.82, 2.24) is 15.1 Å². The first-order valence-corrected chi connectivity index (χ1v) is 9.48. The number of aromatic nitrogens is 2. The van der Waals surface area contributed by atoms with Crippen molar-refractivity contribution in [2.24, 2.45) is 7.05 Å². The fourth-order valence-electron chi connectivity index (χ4n) is 2.68. The minimum Gasteiger partial charge on any atom is -0.491 e. The minimum atomic E-state index is -0.165. The van der Waals surface area contributed by atoms with Crippen LogP contribution in [-0.2, 0) is 24.6 Å². The molecule has 0 saturated carbocycles. The van der Waals surface area contributed by atoms with Crippen molar-refractivity contribution >= 4 is 21.8 Å². The van der Waals surface area contributed by atoms with Crippen LogP contribution >= 0.6 is 15.9 Å². The largest absolute Gasteiger partial charge is 0.491 e. The number of aryl methyl sites for hydroxylation is 3. The lowest BCUT2D eigenvalue weighted by molar-refractivity contribution is 0.0936. The molecule has 0 unspecified atom stereocenters. The monoisotopic (exact) mass is 423 g/mol. The molecule has 1 amide bonds. The Hall–Kier alpha value is -1.86. The Labute approximate surface area is 163 Å². The molecule has 2 rings (SSSR count). The van der Waals surface area contributed by atoms with E-state index in [-0.39, 0.29) is 5.91 Å². The number of hydrogen-bond acceptors (Lipinski definition) is 4. The van der Waals surface area contributed by atoms with E-state index in [2.05, 4.69) is 32.4 Å². The molecule has 0 spiro atoms. The molecule has 0 atom stereocenters. The second kappa shape index (κ2) is 9.73. The molecule has 0 aliphatic heterocycles. The highest BCUT2D eigenvalue weighted by atomic mass is 79.9. The number of halogens is 1. The lowest BCUT2D eigenvalue weighted by Gasteiger charge is -2.11. The van der Waals surface area contributed by atoms with Crippen LogP contribution in [0.1, 0.15) is 34.2 Å². The third-order valence-corrected chi connectivity index (χ3v) is 4.92. The van der Waals surface area contributed by atoms with Gasteiger partial charge in [-0.05, 0) is 52.9 Å². The van der Waals surface area contributed by atoms with Crippen molar-refractivity contribution in [3.8, 4) is 5.75 Å². The number of rotatable bonds is 9. The number of benzene rings is 1. The average molecular weight is 424 g/mol. The quantitative estimate of drug-likeness (QED) is 0.629. The fraction of sp³-hybridized carbons (Fsp3) is 0.474. The standard InChI is InChI=1S/C19H26BrN3O3/c1-5-15-17(20)18(23(3)22-15)19(24)21-9-11-26-16-7-6-14(8-10-25-4)12-13(16)2/h6-7,12H,5,8-11H2,1-4H3,(H,21,24). The third kappa shape index (κ3) is 5.08. The summed E-state index contributed by atoms with van der Waals surface area (Å²) in [5.74, 6) is 0.664. The van der Waals surface area contributed by atoms with Gasteiger partial charge in [-0.2, -0.15) is 5.10 Å². The second-order valence-electron chi connectivity index (χ2n) is 6.03. The first-order chi connectivity index (χ1) is 12.5. The van der Waals surface area contributed by atoms with Crippen molar-refractivity contribution in [2.45, 2.75) is 26.7 Å². The highest BCUT2D eigenvalue weighted by Crippen LogP contribution is 2.21. The van der Waals surface area contributed by atoms with Gasteiger partial charge in [0.05, 0.1) is 23.3 Å². The highest BCUT2D eigenvalue weighted by molar-refractivity contribution is 9.10. The summed E-state index contributed by atoms with van der Waals surface area (Å²) in [5, 5.41) is 7.21. The Kier molecular flexibility index (Phi) is 7.66. The summed E-state index contributed by atoms with van der Waals surface area (Å²) >= 11 is 3.46. The molecule has 1 heterocycles. The number of ether oxygens (including phenoxy) is 2. The molecule has 0 radical (unpaired) electrons. The second-order valence-corrected chi connectivity index (χ2v) is 6.83. The lowest BCUT2D eigenvalue weighted by Crippen LogP contribution is -2.30. The van der Waals surface area contributed by atoms with E-state index >= 15 is 0 Å². The Balaban J connectivity index is 1.85. The zero-order valence-corrected chi connectivity index (χ0v) is 17.4. The van der Waals surface area contributed by atoms with E-state index < -0.39 is 0 Å². The summed E-state index contributed by atoms with van der Waals surface area (Å²) in [5.41, 5.74) is 3.70. The molecule has 6 nitrogen and oxygen atoms in total. The first kappa shape index (κ1) is 20.5. The number of amides is 1. The van der Waals surface area contributed by atoms with Gasteiger partial charge in [0.15, 0.2) is 0 Å². The molecule has 0 bridgehead atoms. The SMILES string of the molecule is CCc1nn(C)c(C(=O)NCCOc2ccc(CCOC)cc2C)c1Br. The van der Waals surface area contributed by atoms with E-state index in [1.54, 1.807) is 18.8 Å². The first-order valence-electron chi connectivity index (χ1n) is 8.68. The molecule has 1 aromatic carbocycles. The number of carbonyl (C=O) groups is 1. The van der Waals surface area contributed by atoms with Crippen molar-refractivity contribution in [3.05, 3.63) is 45.2 Å². The molecule has 7 heteroatoms. The molecule has 0 aliphatic carbocycles. The van der Waals surface area contributed by atoms with Gasteiger partial charge in [0.1, 0.15) is 18.1 Å². The Morgan fingerprint density at radius 3 is 2.73 bits per heavy atom. The van der Waals surface area contributed by atoms with Crippen LogP contribution in [0.25, 0.3) is 0 Å². The van der Waals surface area contributed by atoms with Gasteiger partial charge in [0.25, 0.3) is 5.91 Å². The van der Waals surface area contributed by atoms with E-state index in [1.165, 1.54) is 5.56 Å². The average Bonchev–Trinajstić information content (AvgIpc) is 2.91. The normalized spacial score (nSPS) is 10.8. The topological polar surface area (TPSA) is 65.4 Å². The molecular formula is C19H26BrN3O3. The van der Waals surface area contributed by atoms with Crippen LogP contribution < -0.4 is 10.1 Å². The predicted molar refractivity (Wildman–Crippen MR) is 105 cm³/mol. The molecule has 26 heavy (non-hydrogen) atoms. The maximum absolute atomic E-state index is 12.4. The highest BCUT2D eigenvalue weighted by Gasteiger charge is 2.18. The van der Waals surface area contributed by atoms with Gasteiger partial charge in [0, 0.05) is 14.2 Å². The molecule has 0 aliphatic rings. The van der Waals surface area contributed by atoms with Crippen LogP contribution in [0.15, 0.2) is 22.7 Å². The van der Waals surface area contributed by atoms with Crippen LogP contribution in [0.5, 0.6) is 5.75 Å². The van der Waals surface area contributed by atoms with E-state index in [0.717, 1.165) is 34.3 Å². The van der Waals surface area contributed by atoms with Crippen LogP contribution in [0.3, 0.4) is 0 Å². The van der Waals surface area contributed by atoms with Gasteiger partial charge >= 0.3 is 0 Å². The van der Waals surface area contributed by atoms with E-state index in [9.17, 15) is 4.79 Å². The van der Waals surface area contributed by atoms with Crippen molar-refractivity contribution in [3.63, 3.8) is 0 Å². The van der Waals surface area contributed by atoms with E-state index in [0.29, 0.717) is 25.5 Å². The van der Waals surface area contributed by atoms with Gasteiger partial charge in [-0.1, -0.05) is 19.1 Å². The van der Waals surface area contributed by atoms with Gasteiger partial charge in [0.2, 0.25) is 0 Å². The molecule has 2 aromatic rings. The molecule has 1 aromatic heterocycles. The van der Waals surface area contributed by atoms with Crippen LogP contribution in [0.2, 0.25) is 0 Å². The molecule has 0 saturated heterocycles. The summed E-state index contributed by atoms with van der Waals surface area (Å²) < 4.78 is 13.2. The Morgan fingerprint density at radius 1 is 1.35 bits per heavy atom. The van der Waals surface area contributed by atoms with Crippen LogP contribution in [0, 0.1) is 6.92 Å². The Morgan fingerprint density at radius 2 is 2.12 bits per heavy atom. The van der Waals surface area contributed by atoms with Gasteiger partial charge in [-0.3, -0.25) is 9.48 Å². The fourth-order valence-corrected chi connectivity index (χ4v) is 3.48. The van der Waals surface area contributed by atoms with Crippen LogP contribution in [0.4, 0.5) is 0 Å². The van der Waals surface area contributed by atoms with Crippen molar-refractivity contribution in [2.75, 3.05) is 26.9 Å². The van der Waals surface area contributed by atoms with Gasteiger partial charge in [-0.25, -0.2) is 0 Å². The lowest BCUT2D eigenvalue weighted by atomic mass is 10.1. The zero-order chi connectivity index (χ0) is 19.1. The van der Waals surface area contributed by atoms with Crippen LogP contribution in [-0.4, -0.2) is 42.6 Å². The summed E-state index contributed by atoms with van der Waals surface area (Å²) in [6, 6.07) is 6.11. The van der Waals surface area contributed by atoms with E-state index in [4.69, 9.17) is 9.47 Å². The van der Waals surface area contributed by atoms with Crippen molar-refractivity contribution < 1.29 is 14.3 Å². The molecule has 142 valence electrons. The summed E-state index contributed by atoms with van der Waals surface area (Å²) in [4.78, 5) is 12.4. The smallest absolute Gasteiger partial charge is 0.270 e. The van der Waals surface area contributed by atoms with Gasteiger partial charge in [-0.15, -0.1) is 0 Å². The maximum atomic E-state index is 12.4. The third-order valence-electron chi connectivity index (χ3n) is 4.08. The number of nitrogens with zero attached hydrogens (tertiary/aromatic N) is 2. The molecule has 1 N–H and O–H groups in total. The Bertz CT molecular complexity index is 759. The summed E-state index contributed by atoms with van der Waals surface area (Å²) in [6.07, 6.45) is 1.65.